The van der Waals surface area contributed by atoms with E-state index in [1.54, 1.807) is 32.2 Å². The minimum atomic E-state index is -4.26. The fraction of sp³-hybridized carbons (Fsp3) is 0.429. The van der Waals surface area contributed by atoms with Gasteiger partial charge in [-0.15, -0.1) is 0 Å². The van der Waals surface area contributed by atoms with Gasteiger partial charge in [0, 0.05) is 12.0 Å². The molecule has 3 atom stereocenters. The van der Waals surface area contributed by atoms with Crippen LogP contribution in [-0.4, -0.2) is 19.3 Å². The lowest BCUT2D eigenvalue weighted by Gasteiger charge is -2.29. The van der Waals surface area contributed by atoms with Crippen molar-refractivity contribution in [2.45, 2.75) is 19.1 Å². The number of alkyl halides is 3. The van der Waals surface area contributed by atoms with Gasteiger partial charge in [-0.3, -0.25) is 0 Å². The van der Waals surface area contributed by atoms with Gasteiger partial charge in [-0.05, 0) is 13.0 Å². The van der Waals surface area contributed by atoms with Gasteiger partial charge in [0.15, 0.2) is 0 Å². The van der Waals surface area contributed by atoms with E-state index in [2.05, 4.69) is 11.9 Å². The summed E-state index contributed by atoms with van der Waals surface area (Å²) < 4.78 is 37.7. The summed E-state index contributed by atoms with van der Waals surface area (Å²) in [5.41, 5.74) is -0.561. The van der Waals surface area contributed by atoms with Crippen molar-refractivity contribution in [3.63, 3.8) is 0 Å². The molecule has 0 aromatic rings. The molecular weight excluding hydrogens is 239 g/mol. The van der Waals surface area contributed by atoms with Crippen molar-refractivity contribution in [3.05, 3.63) is 48.6 Å². The van der Waals surface area contributed by atoms with Gasteiger partial charge in [-0.1, -0.05) is 50.0 Å². The average molecular weight is 257 g/mol. The first-order valence-corrected chi connectivity index (χ1v) is 5.84. The normalized spacial score (nSPS) is 26.2. The molecule has 0 bridgehead atoms. The predicted molar refractivity (Wildman–Crippen MR) is 68.1 cm³/mol. The number of hydrogen-bond donors (Lipinski definition) is 1. The molecule has 1 aliphatic carbocycles. The largest absolute Gasteiger partial charge is 0.416 e. The molecule has 0 saturated carbocycles. The van der Waals surface area contributed by atoms with Gasteiger partial charge >= 0.3 is 6.18 Å². The SMILES string of the molecule is C=C/C=C\C(NC)C1C=CC(C(F)(F)F)=C[C@H]1C. The highest BCUT2D eigenvalue weighted by Crippen LogP contribution is 2.34. The molecule has 1 N–H and O–H groups in total. The van der Waals surface area contributed by atoms with Crippen LogP contribution < -0.4 is 5.32 Å². The third kappa shape index (κ3) is 3.60. The van der Waals surface area contributed by atoms with Gasteiger partial charge in [0.05, 0.1) is 5.57 Å². The van der Waals surface area contributed by atoms with E-state index in [0.29, 0.717) is 0 Å². The summed E-state index contributed by atoms with van der Waals surface area (Å²) in [6, 6.07) is 0.000263. The van der Waals surface area contributed by atoms with Gasteiger partial charge in [0.2, 0.25) is 0 Å². The lowest BCUT2D eigenvalue weighted by atomic mass is 9.81. The summed E-state index contributed by atoms with van der Waals surface area (Å²) >= 11 is 0. The summed E-state index contributed by atoms with van der Waals surface area (Å²) in [6.45, 7) is 5.38. The summed E-state index contributed by atoms with van der Waals surface area (Å²) in [5.74, 6) is -0.157. The molecular formula is C14H18F3N. The Morgan fingerprint density at radius 3 is 2.56 bits per heavy atom. The second-order valence-electron chi connectivity index (χ2n) is 4.35. The number of rotatable bonds is 4. The number of hydrogen-bond acceptors (Lipinski definition) is 1. The van der Waals surface area contributed by atoms with E-state index in [1.807, 2.05) is 6.08 Å². The Hall–Kier alpha value is -1.29. The smallest absolute Gasteiger partial charge is 0.313 e. The van der Waals surface area contributed by atoms with Crippen molar-refractivity contribution in [1.82, 2.24) is 5.32 Å². The summed E-state index contributed by atoms with van der Waals surface area (Å²) in [4.78, 5) is 0. The molecule has 0 aromatic heterocycles. The van der Waals surface area contributed by atoms with E-state index in [9.17, 15) is 13.2 Å². The molecule has 0 aliphatic heterocycles. The predicted octanol–water partition coefficient (Wildman–Crippen LogP) is 3.63. The Labute approximate surface area is 106 Å². The lowest BCUT2D eigenvalue weighted by Crippen LogP contribution is -2.35. The zero-order chi connectivity index (χ0) is 13.8. The standard InChI is InChI=1S/C14H18F3N/c1-4-5-6-13(18-3)12-8-7-11(9-10(12)2)14(15,16)17/h4-10,12-13,18H,1H2,2-3H3/b6-5-/t10-,12?,13?/m1/s1. The van der Waals surface area contributed by atoms with Crippen LogP contribution in [0.3, 0.4) is 0 Å². The summed E-state index contributed by atoms with van der Waals surface area (Å²) in [5, 5.41) is 3.09. The van der Waals surface area contributed by atoms with Crippen molar-refractivity contribution in [1.29, 1.82) is 0 Å². The molecule has 0 fully saturated rings. The van der Waals surface area contributed by atoms with Crippen LogP contribution in [0.5, 0.6) is 0 Å². The molecule has 2 unspecified atom stereocenters. The molecule has 0 amide bonds. The van der Waals surface area contributed by atoms with Crippen LogP contribution in [0.4, 0.5) is 13.2 Å². The molecule has 4 heteroatoms. The molecule has 1 rings (SSSR count). The number of likely N-dealkylation sites (N-methyl/N-ethyl adjacent to an activating group) is 1. The van der Waals surface area contributed by atoms with Gasteiger partial charge in [0.1, 0.15) is 0 Å². The maximum atomic E-state index is 12.6. The average Bonchev–Trinajstić information content (AvgIpc) is 2.30. The van der Waals surface area contributed by atoms with Crippen LogP contribution in [0.1, 0.15) is 6.92 Å². The molecule has 18 heavy (non-hydrogen) atoms. The zero-order valence-electron chi connectivity index (χ0n) is 10.5. The Morgan fingerprint density at radius 1 is 1.44 bits per heavy atom. The Balaban J connectivity index is 2.85. The quantitative estimate of drug-likeness (QED) is 0.758. The van der Waals surface area contributed by atoms with Crippen molar-refractivity contribution in [3.8, 4) is 0 Å². The summed E-state index contributed by atoms with van der Waals surface area (Å²) in [6.07, 6.45) is 5.17. The molecule has 0 radical (unpaired) electrons. The first-order chi connectivity index (χ1) is 8.40. The second-order valence-corrected chi connectivity index (χ2v) is 4.35. The van der Waals surface area contributed by atoms with Gasteiger partial charge < -0.3 is 5.32 Å². The molecule has 0 aromatic carbocycles. The molecule has 100 valence electrons. The topological polar surface area (TPSA) is 12.0 Å². The van der Waals surface area contributed by atoms with Gasteiger partial charge in [-0.25, -0.2) is 0 Å². The highest BCUT2D eigenvalue weighted by molar-refractivity contribution is 5.31. The first-order valence-electron chi connectivity index (χ1n) is 5.84. The highest BCUT2D eigenvalue weighted by atomic mass is 19.4. The van der Waals surface area contributed by atoms with Gasteiger partial charge in [0.25, 0.3) is 0 Å². The van der Waals surface area contributed by atoms with E-state index >= 15 is 0 Å². The fourth-order valence-electron chi connectivity index (χ4n) is 2.09. The van der Waals surface area contributed by atoms with Crippen LogP contribution in [0, 0.1) is 11.8 Å². The molecule has 0 heterocycles. The van der Waals surface area contributed by atoms with Crippen molar-refractivity contribution in [2.75, 3.05) is 7.05 Å². The molecule has 1 aliphatic rings. The maximum absolute atomic E-state index is 12.6. The number of halogens is 3. The van der Waals surface area contributed by atoms with Gasteiger partial charge in [-0.2, -0.15) is 13.2 Å². The van der Waals surface area contributed by atoms with Crippen molar-refractivity contribution < 1.29 is 13.2 Å². The van der Waals surface area contributed by atoms with Crippen LogP contribution in [0.15, 0.2) is 48.6 Å². The second kappa shape index (κ2) is 6.05. The monoisotopic (exact) mass is 257 g/mol. The van der Waals surface area contributed by atoms with Crippen molar-refractivity contribution in [2.24, 2.45) is 11.8 Å². The number of allylic oxidation sites excluding steroid dienone is 5. The van der Waals surface area contributed by atoms with E-state index < -0.39 is 11.7 Å². The molecule has 0 saturated heterocycles. The van der Waals surface area contributed by atoms with Crippen molar-refractivity contribution >= 4 is 0 Å². The summed E-state index contributed by atoms with van der Waals surface area (Å²) in [7, 11) is 1.79. The Kier molecular flexibility index (Phi) is 4.96. The number of nitrogens with one attached hydrogen (secondary N) is 1. The minimum Gasteiger partial charge on any atom is -0.313 e. The Morgan fingerprint density at radius 2 is 2.11 bits per heavy atom. The third-order valence-electron chi connectivity index (χ3n) is 3.08. The maximum Gasteiger partial charge on any atom is 0.416 e. The fourth-order valence-corrected chi connectivity index (χ4v) is 2.09. The minimum absolute atomic E-state index is 0.000263. The lowest BCUT2D eigenvalue weighted by molar-refractivity contribution is -0.0891. The van der Waals surface area contributed by atoms with Crippen LogP contribution in [0.2, 0.25) is 0 Å². The van der Waals surface area contributed by atoms with E-state index in [1.165, 1.54) is 6.08 Å². The van der Waals surface area contributed by atoms with Crippen LogP contribution >= 0.6 is 0 Å². The van der Waals surface area contributed by atoms with Crippen LogP contribution in [-0.2, 0) is 0 Å². The molecule has 0 spiro atoms. The van der Waals surface area contributed by atoms with E-state index in [0.717, 1.165) is 6.08 Å². The first kappa shape index (κ1) is 14.8. The zero-order valence-corrected chi connectivity index (χ0v) is 10.5. The third-order valence-corrected chi connectivity index (χ3v) is 3.08. The van der Waals surface area contributed by atoms with E-state index in [-0.39, 0.29) is 17.9 Å². The highest BCUT2D eigenvalue weighted by Gasteiger charge is 2.35. The Bertz CT molecular complexity index is 377. The molecule has 1 nitrogen and oxygen atoms in total. The van der Waals surface area contributed by atoms with Crippen LogP contribution in [0.25, 0.3) is 0 Å². The van der Waals surface area contributed by atoms with E-state index in [4.69, 9.17) is 0 Å².